The number of aliphatic hydroxyl groups is 1. The maximum atomic E-state index is 14.0. The van der Waals surface area contributed by atoms with Crippen LogP contribution in [0.5, 0.6) is 0 Å². The van der Waals surface area contributed by atoms with Crippen LogP contribution in [0.2, 0.25) is 0 Å². The molecule has 1 N–H and O–H groups in total. The fourth-order valence-corrected chi connectivity index (χ4v) is 15.0. The molecule has 1 aromatic carbocycles. The Morgan fingerprint density at radius 3 is 2.40 bits per heavy atom. The summed E-state index contributed by atoms with van der Waals surface area (Å²) < 4.78 is 48.0. The highest BCUT2D eigenvalue weighted by Crippen LogP contribution is 2.89. The Morgan fingerprint density at radius 2 is 1.69 bits per heavy atom. The lowest BCUT2D eigenvalue weighted by molar-refractivity contribution is -0.248. The highest BCUT2D eigenvalue weighted by Gasteiger charge is 2.84. The minimum atomic E-state index is -0.658. The van der Waals surface area contributed by atoms with Crippen molar-refractivity contribution in [1.29, 1.82) is 0 Å². The number of rotatable bonds is 8. The second-order valence-corrected chi connectivity index (χ2v) is 20.7. The molecular formula is C45H64F2N2O6. The molecule has 8 aliphatic rings. The summed E-state index contributed by atoms with van der Waals surface area (Å²) >= 11 is 0. The fraction of sp³-hybridized carbons (Fsp3) is 0.822. The molecule has 6 saturated carbocycles. The molecule has 2 amide bonds. The zero-order chi connectivity index (χ0) is 38.9. The first-order chi connectivity index (χ1) is 26.0. The number of amides is 2. The largest absolute Gasteiger partial charge is 0.390 e. The second kappa shape index (κ2) is 13.2. The Balaban J connectivity index is 0.904. The quantitative estimate of drug-likeness (QED) is 0.295. The monoisotopic (exact) mass is 766 g/mol. The Bertz CT molecular complexity index is 1680. The summed E-state index contributed by atoms with van der Waals surface area (Å²) in [6, 6.07) is 3.40. The third kappa shape index (κ3) is 5.82. The van der Waals surface area contributed by atoms with Gasteiger partial charge >= 0.3 is 0 Å². The summed E-state index contributed by atoms with van der Waals surface area (Å²) in [7, 11) is 0. The van der Waals surface area contributed by atoms with Gasteiger partial charge in [-0.2, -0.15) is 0 Å². The first-order valence-corrected chi connectivity index (χ1v) is 21.6. The van der Waals surface area contributed by atoms with Crippen LogP contribution in [0, 0.1) is 68.3 Å². The number of carbonyl (C=O) groups is 2. The normalized spacial score (nSPS) is 45.4. The number of benzene rings is 1. The smallest absolute Gasteiger partial charge is 0.223 e. The molecule has 304 valence electrons. The first-order valence-electron chi connectivity index (χ1n) is 21.6. The first kappa shape index (κ1) is 38.4. The van der Waals surface area contributed by atoms with Crippen LogP contribution in [0.3, 0.4) is 0 Å². The number of hydrogen-bond acceptors (Lipinski definition) is 6. The van der Waals surface area contributed by atoms with Crippen LogP contribution in [0.15, 0.2) is 18.2 Å². The van der Waals surface area contributed by atoms with Gasteiger partial charge in [0.1, 0.15) is 11.6 Å². The Labute approximate surface area is 326 Å². The molecule has 13 atom stereocenters. The summed E-state index contributed by atoms with van der Waals surface area (Å²) in [5, 5.41) is 12.7. The van der Waals surface area contributed by atoms with Crippen molar-refractivity contribution in [3.63, 3.8) is 0 Å². The lowest BCUT2D eigenvalue weighted by Gasteiger charge is -2.64. The Hall–Kier alpha value is -2.14. The van der Waals surface area contributed by atoms with Crippen LogP contribution in [0.25, 0.3) is 0 Å². The number of ether oxygens (including phenoxy) is 3. The van der Waals surface area contributed by atoms with E-state index in [0.717, 1.165) is 44.6 Å². The van der Waals surface area contributed by atoms with E-state index in [9.17, 15) is 23.5 Å². The zero-order valence-electron chi connectivity index (χ0n) is 34.0. The van der Waals surface area contributed by atoms with Crippen molar-refractivity contribution in [1.82, 2.24) is 9.80 Å². The van der Waals surface area contributed by atoms with E-state index in [-0.39, 0.29) is 81.9 Å². The topological polar surface area (TPSA) is 88.5 Å². The van der Waals surface area contributed by atoms with Gasteiger partial charge < -0.3 is 29.1 Å². The van der Waals surface area contributed by atoms with Crippen molar-refractivity contribution in [3.05, 3.63) is 35.4 Å². The molecule has 5 unspecified atom stereocenters. The molecule has 0 radical (unpaired) electrons. The van der Waals surface area contributed by atoms with E-state index in [1.165, 1.54) is 44.7 Å². The second-order valence-electron chi connectivity index (χ2n) is 20.7. The zero-order valence-corrected chi connectivity index (χ0v) is 34.0. The van der Waals surface area contributed by atoms with Gasteiger partial charge in [0.15, 0.2) is 6.29 Å². The van der Waals surface area contributed by atoms with Crippen molar-refractivity contribution < 1.29 is 37.7 Å². The molecule has 8 fully saturated rings. The molecule has 8 nitrogen and oxygen atoms in total. The van der Waals surface area contributed by atoms with Crippen molar-refractivity contribution in [2.45, 2.75) is 149 Å². The molecule has 2 aliphatic heterocycles. The highest BCUT2D eigenvalue weighted by molar-refractivity contribution is 5.76. The minimum absolute atomic E-state index is 0.0367. The average molecular weight is 767 g/mol. The molecule has 2 saturated heterocycles. The van der Waals surface area contributed by atoms with Crippen LogP contribution in [0.4, 0.5) is 8.78 Å². The van der Waals surface area contributed by atoms with Crippen molar-refractivity contribution >= 4 is 11.8 Å². The number of nitrogens with zero attached hydrogens (tertiary/aromatic N) is 2. The van der Waals surface area contributed by atoms with E-state index in [4.69, 9.17) is 14.2 Å². The van der Waals surface area contributed by atoms with Gasteiger partial charge in [-0.3, -0.25) is 9.59 Å². The summed E-state index contributed by atoms with van der Waals surface area (Å²) in [4.78, 5) is 29.4. The van der Waals surface area contributed by atoms with Gasteiger partial charge in [0, 0.05) is 44.5 Å². The van der Waals surface area contributed by atoms with E-state index in [0.29, 0.717) is 56.0 Å². The maximum Gasteiger partial charge on any atom is 0.223 e. The standard InChI is InChI=1S/C45H64F2N2O6/c1-26-17-32(23-49(27(2)50)22-29-18-30(46)21-31(47)19-29)54-39-38(26)42(5)13-14-45-25-44(45)12-11-35(41(3,4)33(44)9-10-34(45)43(42,6)40(39)52)55-37-24-48(15-16-53-37)36(51)20-28-7-8-28/h18-19,21,26,28,32-35,37-40,52H,7-17,20,22-25H2,1-6H3/t26-,32?,33+,34+,35?,37+,38?,39?,40+,42-,43-,44-,45?/m1/s1. The maximum absolute atomic E-state index is 14.0. The van der Waals surface area contributed by atoms with E-state index >= 15 is 0 Å². The van der Waals surface area contributed by atoms with Crippen LogP contribution < -0.4 is 0 Å². The van der Waals surface area contributed by atoms with Gasteiger partial charge in [-0.25, -0.2) is 8.78 Å². The molecule has 6 aliphatic carbocycles. The molecule has 55 heavy (non-hydrogen) atoms. The van der Waals surface area contributed by atoms with Crippen LogP contribution in [-0.4, -0.2) is 83.7 Å². The number of carbonyl (C=O) groups excluding carboxylic acids is 2. The van der Waals surface area contributed by atoms with Crippen LogP contribution in [-0.2, 0) is 30.3 Å². The minimum Gasteiger partial charge on any atom is -0.390 e. The number of hydrogen-bond donors (Lipinski definition) is 1. The van der Waals surface area contributed by atoms with E-state index in [2.05, 4.69) is 34.6 Å². The predicted molar refractivity (Wildman–Crippen MR) is 202 cm³/mol. The van der Waals surface area contributed by atoms with Crippen molar-refractivity contribution in [3.8, 4) is 0 Å². The number of aliphatic hydroxyl groups excluding tert-OH is 1. The van der Waals surface area contributed by atoms with Crippen molar-refractivity contribution in [2.75, 3.05) is 26.2 Å². The molecular weight excluding hydrogens is 702 g/mol. The molecule has 2 heterocycles. The summed E-state index contributed by atoms with van der Waals surface area (Å²) in [6.07, 6.45) is 10.1. The van der Waals surface area contributed by atoms with Crippen molar-refractivity contribution in [2.24, 2.45) is 56.7 Å². The van der Waals surface area contributed by atoms with Gasteiger partial charge in [0.25, 0.3) is 0 Å². The summed E-state index contributed by atoms with van der Waals surface area (Å²) in [5.41, 5.74) is 0.456. The van der Waals surface area contributed by atoms with Gasteiger partial charge in [-0.1, -0.05) is 34.6 Å². The molecule has 0 aromatic heterocycles. The van der Waals surface area contributed by atoms with Gasteiger partial charge in [0.05, 0.1) is 37.6 Å². The number of halogens is 2. The predicted octanol–water partition coefficient (Wildman–Crippen LogP) is 7.50. The highest BCUT2D eigenvalue weighted by atomic mass is 19.1. The molecule has 2 spiro atoms. The lowest BCUT2D eigenvalue weighted by Crippen LogP contribution is -2.60. The molecule has 9 rings (SSSR count). The Kier molecular flexibility index (Phi) is 9.20. The van der Waals surface area contributed by atoms with Crippen LogP contribution in [0.1, 0.15) is 118 Å². The van der Waals surface area contributed by atoms with E-state index in [1.54, 1.807) is 4.90 Å². The Morgan fingerprint density at radius 1 is 0.982 bits per heavy atom. The lowest BCUT2D eigenvalue weighted by atomic mass is 9.41. The van der Waals surface area contributed by atoms with Crippen LogP contribution >= 0.6 is 0 Å². The summed E-state index contributed by atoms with van der Waals surface area (Å²) in [6.45, 7) is 15.6. The van der Waals surface area contributed by atoms with Gasteiger partial charge in [-0.05, 0) is 133 Å². The number of morpholine rings is 1. The third-order valence-corrected chi connectivity index (χ3v) is 17.8. The average Bonchev–Trinajstić information content (AvgIpc) is 4.04. The number of fused-ring (bicyclic) bond motifs is 4. The summed E-state index contributed by atoms with van der Waals surface area (Å²) in [5.74, 6) is 0.772. The molecule has 0 bridgehead atoms. The molecule has 10 heteroatoms. The van der Waals surface area contributed by atoms with Gasteiger partial charge in [0.2, 0.25) is 11.8 Å². The van der Waals surface area contributed by atoms with E-state index < -0.39 is 17.7 Å². The van der Waals surface area contributed by atoms with Gasteiger partial charge in [-0.15, -0.1) is 0 Å². The fourth-order valence-electron chi connectivity index (χ4n) is 15.0. The third-order valence-electron chi connectivity index (χ3n) is 17.8. The SMILES string of the molecule is CC(=O)N(Cc1cc(F)cc(F)c1)CC1C[C@@H](C)C2C(O1)[C@H](O)[C@@]1(C)[C@@H]3CC[C@H]4C(C)(C)C(O[C@H]5CN(C(=O)CC6CC6)CCO5)CC[C@@]45CC35CC[C@]21C. The van der Waals surface area contributed by atoms with E-state index in [1.807, 2.05) is 4.90 Å². The molecule has 1 aromatic rings.